The van der Waals surface area contributed by atoms with E-state index in [4.69, 9.17) is 9.47 Å². The molecule has 1 unspecified atom stereocenters. The first-order valence-corrected chi connectivity index (χ1v) is 6.23. The first kappa shape index (κ1) is 14.3. The van der Waals surface area contributed by atoms with E-state index in [2.05, 4.69) is 0 Å². The number of carbonyl (C=O) groups excluding carboxylic acids is 2. The van der Waals surface area contributed by atoms with Gasteiger partial charge in [-0.1, -0.05) is 13.8 Å². The molecule has 0 radical (unpaired) electrons. The molecule has 0 N–H and O–H groups in total. The summed E-state index contributed by atoms with van der Waals surface area (Å²) in [6, 6.07) is 0. The molecule has 0 saturated heterocycles. The van der Waals surface area contributed by atoms with Gasteiger partial charge in [0.15, 0.2) is 0 Å². The molecule has 0 saturated carbocycles. The van der Waals surface area contributed by atoms with Crippen LogP contribution in [0.2, 0.25) is 0 Å². The standard InChI is InChI=1S/C10H18O4S/c1-8(2)4-10(12)13-5-9(6-15-3)14-7-11/h7-9H,4-6H2,1-3H3. The summed E-state index contributed by atoms with van der Waals surface area (Å²) in [6.07, 6.45) is 1.96. The number of hydrogen-bond donors (Lipinski definition) is 0. The summed E-state index contributed by atoms with van der Waals surface area (Å²) >= 11 is 1.54. The average Bonchev–Trinajstić information content (AvgIpc) is 2.14. The van der Waals surface area contributed by atoms with E-state index < -0.39 is 0 Å². The third kappa shape index (κ3) is 8.30. The third-order valence-electron chi connectivity index (χ3n) is 1.61. The Balaban J connectivity index is 3.77. The quantitative estimate of drug-likeness (QED) is 0.470. The normalized spacial score (nSPS) is 12.3. The van der Waals surface area contributed by atoms with E-state index in [1.165, 1.54) is 0 Å². The summed E-state index contributed by atoms with van der Waals surface area (Å²) < 4.78 is 9.74. The van der Waals surface area contributed by atoms with Gasteiger partial charge in [0.05, 0.1) is 0 Å². The van der Waals surface area contributed by atoms with Gasteiger partial charge in [-0.3, -0.25) is 9.59 Å². The molecule has 0 heterocycles. The number of carbonyl (C=O) groups is 2. The molecule has 0 bridgehead atoms. The number of ether oxygens (including phenoxy) is 2. The highest BCUT2D eigenvalue weighted by molar-refractivity contribution is 7.98. The number of hydrogen-bond acceptors (Lipinski definition) is 5. The number of esters is 1. The van der Waals surface area contributed by atoms with Gasteiger partial charge in [0, 0.05) is 12.2 Å². The van der Waals surface area contributed by atoms with Gasteiger partial charge in [0.25, 0.3) is 6.47 Å². The second-order valence-electron chi connectivity index (χ2n) is 3.59. The molecule has 1 atom stereocenters. The van der Waals surface area contributed by atoms with Gasteiger partial charge >= 0.3 is 5.97 Å². The molecule has 15 heavy (non-hydrogen) atoms. The molecule has 0 amide bonds. The molecule has 0 aliphatic carbocycles. The van der Waals surface area contributed by atoms with Crippen molar-refractivity contribution in [3.63, 3.8) is 0 Å². The van der Waals surface area contributed by atoms with Crippen LogP contribution in [0.1, 0.15) is 20.3 Å². The van der Waals surface area contributed by atoms with Crippen molar-refractivity contribution >= 4 is 24.2 Å². The highest BCUT2D eigenvalue weighted by atomic mass is 32.2. The van der Waals surface area contributed by atoms with Crippen molar-refractivity contribution in [1.29, 1.82) is 0 Å². The second kappa shape index (κ2) is 8.59. The van der Waals surface area contributed by atoms with Crippen LogP contribution in [0.15, 0.2) is 0 Å². The predicted molar refractivity (Wildman–Crippen MR) is 59.7 cm³/mol. The lowest BCUT2D eigenvalue weighted by Crippen LogP contribution is -2.24. The van der Waals surface area contributed by atoms with Crippen molar-refractivity contribution in [3.05, 3.63) is 0 Å². The Morgan fingerprint density at radius 1 is 1.47 bits per heavy atom. The molecule has 0 rings (SSSR count). The Hall–Kier alpha value is -0.710. The Labute approximate surface area is 94.7 Å². The van der Waals surface area contributed by atoms with Gasteiger partial charge in [-0.25, -0.2) is 0 Å². The van der Waals surface area contributed by atoms with Crippen molar-refractivity contribution in [2.45, 2.75) is 26.4 Å². The highest BCUT2D eigenvalue weighted by Crippen LogP contribution is 2.05. The first-order chi connectivity index (χ1) is 7.10. The summed E-state index contributed by atoms with van der Waals surface area (Å²) in [5.41, 5.74) is 0. The molecule has 0 spiro atoms. The topological polar surface area (TPSA) is 52.6 Å². The van der Waals surface area contributed by atoms with Gasteiger partial charge in [-0.05, 0) is 12.2 Å². The van der Waals surface area contributed by atoms with Gasteiger partial charge in [0.2, 0.25) is 0 Å². The van der Waals surface area contributed by atoms with Crippen molar-refractivity contribution in [3.8, 4) is 0 Å². The number of rotatable bonds is 8. The van der Waals surface area contributed by atoms with Crippen LogP contribution in [0.5, 0.6) is 0 Å². The Bertz CT molecular complexity index is 194. The van der Waals surface area contributed by atoms with Gasteiger partial charge in [-0.15, -0.1) is 0 Å². The van der Waals surface area contributed by atoms with E-state index in [0.29, 0.717) is 18.6 Å². The molecule has 5 heteroatoms. The van der Waals surface area contributed by atoms with Crippen LogP contribution >= 0.6 is 11.8 Å². The molecule has 88 valence electrons. The molecule has 0 aliphatic heterocycles. The van der Waals surface area contributed by atoms with Crippen LogP contribution in [0, 0.1) is 5.92 Å². The number of thioether (sulfide) groups is 1. The van der Waals surface area contributed by atoms with E-state index >= 15 is 0 Å². The zero-order valence-corrected chi connectivity index (χ0v) is 10.2. The van der Waals surface area contributed by atoms with E-state index in [-0.39, 0.29) is 24.6 Å². The highest BCUT2D eigenvalue weighted by Gasteiger charge is 2.12. The van der Waals surface area contributed by atoms with Gasteiger partial charge in [-0.2, -0.15) is 11.8 Å². The fourth-order valence-electron chi connectivity index (χ4n) is 0.969. The maximum Gasteiger partial charge on any atom is 0.306 e. The second-order valence-corrected chi connectivity index (χ2v) is 4.50. The Morgan fingerprint density at radius 3 is 2.60 bits per heavy atom. The van der Waals surface area contributed by atoms with Gasteiger partial charge < -0.3 is 9.47 Å². The van der Waals surface area contributed by atoms with Crippen LogP contribution in [0.25, 0.3) is 0 Å². The smallest absolute Gasteiger partial charge is 0.306 e. The summed E-state index contributed by atoms with van der Waals surface area (Å²) in [6.45, 7) is 4.42. The minimum absolute atomic E-state index is 0.144. The largest absolute Gasteiger partial charge is 0.462 e. The monoisotopic (exact) mass is 234 g/mol. The van der Waals surface area contributed by atoms with Crippen LogP contribution in [0.3, 0.4) is 0 Å². The molecule has 0 aliphatic rings. The molecular formula is C10H18O4S. The Kier molecular flexibility index (Phi) is 8.18. The van der Waals surface area contributed by atoms with Crippen LogP contribution in [-0.2, 0) is 19.1 Å². The summed E-state index contributed by atoms with van der Waals surface area (Å²) in [7, 11) is 0. The lowest BCUT2D eigenvalue weighted by molar-refractivity contribution is -0.151. The fraction of sp³-hybridized carbons (Fsp3) is 0.800. The summed E-state index contributed by atoms with van der Waals surface area (Å²) in [5.74, 6) is 0.669. The SMILES string of the molecule is CSCC(COC(=O)CC(C)C)OC=O. The first-order valence-electron chi connectivity index (χ1n) is 4.83. The van der Waals surface area contributed by atoms with Gasteiger partial charge in [0.1, 0.15) is 12.7 Å². The zero-order chi connectivity index (χ0) is 11.7. The van der Waals surface area contributed by atoms with Crippen LogP contribution < -0.4 is 0 Å². The van der Waals surface area contributed by atoms with Crippen molar-refractivity contribution < 1.29 is 19.1 Å². The van der Waals surface area contributed by atoms with Crippen molar-refractivity contribution in [2.75, 3.05) is 18.6 Å². The van der Waals surface area contributed by atoms with E-state index in [1.807, 2.05) is 20.1 Å². The maximum atomic E-state index is 11.2. The minimum Gasteiger partial charge on any atom is -0.462 e. The lowest BCUT2D eigenvalue weighted by Gasteiger charge is -2.14. The lowest BCUT2D eigenvalue weighted by atomic mass is 10.1. The summed E-state index contributed by atoms with van der Waals surface area (Å²) in [5, 5.41) is 0. The third-order valence-corrected chi connectivity index (χ3v) is 2.31. The van der Waals surface area contributed by atoms with E-state index in [1.54, 1.807) is 11.8 Å². The van der Waals surface area contributed by atoms with E-state index in [0.717, 1.165) is 0 Å². The molecule has 0 aromatic carbocycles. The Morgan fingerprint density at radius 2 is 2.13 bits per heavy atom. The zero-order valence-electron chi connectivity index (χ0n) is 9.39. The molecule has 0 fully saturated rings. The summed E-state index contributed by atoms with van der Waals surface area (Å²) in [4.78, 5) is 21.3. The molecule has 0 aromatic heterocycles. The minimum atomic E-state index is -0.339. The predicted octanol–water partition coefficient (Wildman–Crippen LogP) is 1.48. The fourth-order valence-corrected chi connectivity index (χ4v) is 1.52. The molecular weight excluding hydrogens is 216 g/mol. The van der Waals surface area contributed by atoms with Crippen LogP contribution in [0.4, 0.5) is 0 Å². The van der Waals surface area contributed by atoms with Crippen molar-refractivity contribution in [2.24, 2.45) is 5.92 Å². The van der Waals surface area contributed by atoms with E-state index in [9.17, 15) is 9.59 Å². The average molecular weight is 234 g/mol. The van der Waals surface area contributed by atoms with Crippen molar-refractivity contribution in [1.82, 2.24) is 0 Å². The maximum absolute atomic E-state index is 11.2. The molecule has 0 aromatic rings. The molecule has 4 nitrogen and oxygen atoms in total. The van der Waals surface area contributed by atoms with Crippen LogP contribution in [-0.4, -0.2) is 37.2 Å².